The highest BCUT2D eigenvalue weighted by molar-refractivity contribution is 5.81. The van der Waals surface area contributed by atoms with Crippen LogP contribution in [0.2, 0.25) is 0 Å². The van der Waals surface area contributed by atoms with Gasteiger partial charge in [0.05, 0.1) is 0 Å². The summed E-state index contributed by atoms with van der Waals surface area (Å²) in [6.45, 7) is 0.516. The number of hydrogen-bond donors (Lipinski definition) is 1. The molecule has 23 heavy (non-hydrogen) atoms. The number of hydrogen-bond acceptors (Lipinski definition) is 3. The summed E-state index contributed by atoms with van der Waals surface area (Å²) >= 11 is 0. The number of imidazole rings is 1. The lowest BCUT2D eigenvalue weighted by atomic mass is 10.1. The van der Waals surface area contributed by atoms with Crippen molar-refractivity contribution in [1.82, 2.24) is 19.9 Å². The van der Waals surface area contributed by atoms with Crippen molar-refractivity contribution in [2.45, 2.75) is 6.42 Å². The van der Waals surface area contributed by atoms with E-state index >= 15 is 0 Å². The maximum Gasteiger partial charge on any atom is 0.327 e. The molecule has 0 aliphatic heterocycles. The lowest BCUT2D eigenvalue weighted by Gasteiger charge is -2.08. The number of halogens is 1. The van der Waals surface area contributed by atoms with E-state index in [0.717, 1.165) is 12.0 Å². The van der Waals surface area contributed by atoms with Gasteiger partial charge in [-0.25, -0.2) is 14.8 Å². The minimum Gasteiger partial charge on any atom is -0.337 e. The fourth-order valence-corrected chi connectivity index (χ4v) is 2.23. The van der Waals surface area contributed by atoms with Gasteiger partial charge in [-0.05, 0) is 24.1 Å². The molecule has 2 aromatic heterocycles. The molecule has 0 atom stereocenters. The first-order valence-corrected chi connectivity index (χ1v) is 7.21. The van der Waals surface area contributed by atoms with E-state index in [1.54, 1.807) is 12.3 Å². The van der Waals surface area contributed by atoms with Crippen molar-refractivity contribution < 1.29 is 9.18 Å². The van der Waals surface area contributed by atoms with Gasteiger partial charge < -0.3 is 5.32 Å². The Bertz CT molecular complexity index is 784. The first-order valence-electron chi connectivity index (χ1n) is 7.21. The SMILES string of the molecule is O=C(NCCc1ccccc1)n1ccnc1-c1ccc(F)nc1. The lowest BCUT2D eigenvalue weighted by molar-refractivity contribution is 0.243. The number of pyridine rings is 1. The lowest BCUT2D eigenvalue weighted by Crippen LogP contribution is -2.30. The second kappa shape index (κ2) is 6.83. The molecule has 0 bridgehead atoms. The van der Waals surface area contributed by atoms with Crippen LogP contribution in [0.4, 0.5) is 9.18 Å². The third-order valence-corrected chi connectivity index (χ3v) is 3.38. The molecule has 116 valence electrons. The Hall–Kier alpha value is -3.02. The van der Waals surface area contributed by atoms with E-state index in [9.17, 15) is 9.18 Å². The third-order valence-electron chi connectivity index (χ3n) is 3.38. The maximum absolute atomic E-state index is 12.9. The quantitative estimate of drug-likeness (QED) is 0.754. The van der Waals surface area contributed by atoms with Gasteiger partial charge in [0.15, 0.2) is 0 Å². The molecular formula is C17H15FN4O. The summed E-state index contributed by atoms with van der Waals surface area (Å²) in [5.41, 5.74) is 1.73. The zero-order chi connectivity index (χ0) is 16.1. The summed E-state index contributed by atoms with van der Waals surface area (Å²) in [5, 5.41) is 2.84. The van der Waals surface area contributed by atoms with Gasteiger partial charge >= 0.3 is 6.03 Å². The molecule has 0 aliphatic carbocycles. The van der Waals surface area contributed by atoms with E-state index in [1.807, 2.05) is 30.3 Å². The normalized spacial score (nSPS) is 10.5. The van der Waals surface area contributed by atoms with Crippen LogP contribution in [-0.4, -0.2) is 27.1 Å². The summed E-state index contributed by atoms with van der Waals surface area (Å²) < 4.78 is 14.3. The molecule has 2 heterocycles. The standard InChI is InChI=1S/C17H15FN4O/c18-15-7-6-14(12-21-15)16-19-10-11-22(16)17(23)20-9-8-13-4-2-1-3-5-13/h1-7,10-12H,8-9H2,(H,20,23). The summed E-state index contributed by atoms with van der Waals surface area (Å²) in [4.78, 5) is 20.0. The van der Waals surface area contributed by atoms with Gasteiger partial charge in [-0.2, -0.15) is 4.39 Å². The fourth-order valence-electron chi connectivity index (χ4n) is 2.23. The van der Waals surface area contributed by atoms with Crippen LogP contribution in [0.3, 0.4) is 0 Å². The van der Waals surface area contributed by atoms with Gasteiger partial charge in [0.1, 0.15) is 5.82 Å². The Morgan fingerprint density at radius 3 is 2.70 bits per heavy atom. The predicted molar refractivity (Wildman–Crippen MR) is 84.4 cm³/mol. The molecular weight excluding hydrogens is 295 g/mol. The molecule has 3 rings (SSSR count). The van der Waals surface area contributed by atoms with Gasteiger partial charge in [-0.3, -0.25) is 4.57 Å². The Morgan fingerprint density at radius 2 is 1.96 bits per heavy atom. The van der Waals surface area contributed by atoms with Crippen LogP contribution in [0.1, 0.15) is 5.56 Å². The van der Waals surface area contributed by atoms with Crippen LogP contribution in [0.15, 0.2) is 61.1 Å². The number of amides is 1. The highest BCUT2D eigenvalue weighted by atomic mass is 19.1. The molecule has 1 aromatic carbocycles. The fraction of sp³-hybridized carbons (Fsp3) is 0.118. The van der Waals surface area contributed by atoms with Crippen LogP contribution in [0, 0.1) is 5.95 Å². The van der Waals surface area contributed by atoms with E-state index < -0.39 is 5.95 Å². The highest BCUT2D eigenvalue weighted by Gasteiger charge is 2.12. The predicted octanol–water partition coefficient (Wildman–Crippen LogP) is 2.88. The van der Waals surface area contributed by atoms with E-state index in [4.69, 9.17) is 0 Å². The molecule has 1 amide bonds. The van der Waals surface area contributed by atoms with Crippen molar-refractivity contribution in [3.8, 4) is 11.4 Å². The second-order valence-electron chi connectivity index (χ2n) is 4.96. The van der Waals surface area contributed by atoms with Crippen LogP contribution in [0.5, 0.6) is 0 Å². The van der Waals surface area contributed by atoms with Crippen LogP contribution in [0.25, 0.3) is 11.4 Å². The molecule has 0 saturated carbocycles. The summed E-state index contributed by atoms with van der Waals surface area (Å²) in [7, 11) is 0. The van der Waals surface area contributed by atoms with Gasteiger partial charge in [-0.15, -0.1) is 0 Å². The number of rotatable bonds is 4. The molecule has 0 saturated heterocycles. The minimum absolute atomic E-state index is 0.280. The van der Waals surface area contributed by atoms with E-state index in [1.165, 1.54) is 23.0 Å². The zero-order valence-corrected chi connectivity index (χ0v) is 12.3. The van der Waals surface area contributed by atoms with Crippen LogP contribution in [-0.2, 0) is 6.42 Å². The number of nitrogens with zero attached hydrogens (tertiary/aromatic N) is 3. The number of benzene rings is 1. The number of nitrogens with one attached hydrogen (secondary N) is 1. The molecule has 0 fully saturated rings. The monoisotopic (exact) mass is 310 g/mol. The van der Waals surface area contributed by atoms with E-state index in [0.29, 0.717) is 17.9 Å². The van der Waals surface area contributed by atoms with Crippen molar-refractivity contribution in [1.29, 1.82) is 0 Å². The van der Waals surface area contributed by atoms with Crippen LogP contribution < -0.4 is 5.32 Å². The summed E-state index contributed by atoms with van der Waals surface area (Å²) in [6.07, 6.45) is 5.19. The van der Waals surface area contributed by atoms with E-state index in [-0.39, 0.29) is 6.03 Å². The molecule has 0 radical (unpaired) electrons. The molecule has 1 N–H and O–H groups in total. The Labute approximate surface area is 132 Å². The first kappa shape index (κ1) is 14.9. The van der Waals surface area contributed by atoms with Crippen molar-refractivity contribution in [2.24, 2.45) is 0 Å². The molecule has 0 unspecified atom stereocenters. The van der Waals surface area contributed by atoms with Crippen LogP contribution >= 0.6 is 0 Å². The number of aromatic nitrogens is 3. The van der Waals surface area contributed by atoms with Crippen molar-refractivity contribution in [3.05, 3.63) is 72.6 Å². The average Bonchev–Trinajstić information content (AvgIpc) is 3.06. The summed E-state index contributed by atoms with van der Waals surface area (Å²) in [5.74, 6) is -0.145. The van der Waals surface area contributed by atoms with E-state index in [2.05, 4.69) is 15.3 Å². The minimum atomic E-state index is -0.570. The van der Waals surface area contributed by atoms with Gasteiger partial charge in [0, 0.05) is 30.7 Å². The van der Waals surface area contributed by atoms with Gasteiger partial charge in [-0.1, -0.05) is 30.3 Å². The maximum atomic E-state index is 12.9. The largest absolute Gasteiger partial charge is 0.337 e. The third kappa shape index (κ3) is 3.60. The Kier molecular flexibility index (Phi) is 4.42. The average molecular weight is 310 g/mol. The molecule has 5 nitrogen and oxygen atoms in total. The zero-order valence-electron chi connectivity index (χ0n) is 12.3. The van der Waals surface area contributed by atoms with Crippen molar-refractivity contribution >= 4 is 6.03 Å². The Balaban J connectivity index is 1.66. The molecule has 0 spiro atoms. The molecule has 3 aromatic rings. The van der Waals surface area contributed by atoms with Crippen molar-refractivity contribution in [2.75, 3.05) is 6.54 Å². The number of carbonyl (C=O) groups is 1. The van der Waals surface area contributed by atoms with Crippen molar-refractivity contribution in [3.63, 3.8) is 0 Å². The smallest absolute Gasteiger partial charge is 0.327 e. The summed E-state index contributed by atoms with van der Waals surface area (Å²) in [6, 6.07) is 12.4. The van der Waals surface area contributed by atoms with Gasteiger partial charge in [0.25, 0.3) is 0 Å². The topological polar surface area (TPSA) is 59.8 Å². The second-order valence-corrected chi connectivity index (χ2v) is 4.96. The first-order chi connectivity index (χ1) is 11.2. The highest BCUT2D eigenvalue weighted by Crippen LogP contribution is 2.16. The molecule has 0 aliphatic rings. The Morgan fingerprint density at radius 1 is 1.13 bits per heavy atom. The van der Waals surface area contributed by atoms with Gasteiger partial charge in [0.2, 0.25) is 5.95 Å². The number of carbonyl (C=O) groups excluding carboxylic acids is 1. The molecule has 6 heteroatoms.